The van der Waals surface area contributed by atoms with Crippen molar-refractivity contribution in [3.05, 3.63) is 24.3 Å². The Morgan fingerprint density at radius 1 is 1.31 bits per heavy atom. The molecule has 0 radical (unpaired) electrons. The lowest BCUT2D eigenvalue weighted by Gasteiger charge is -2.25. The molecule has 0 spiro atoms. The molecule has 0 aliphatic carbocycles. The van der Waals surface area contributed by atoms with Crippen LogP contribution < -0.4 is 4.90 Å². The van der Waals surface area contributed by atoms with Crippen LogP contribution in [0.3, 0.4) is 0 Å². The van der Waals surface area contributed by atoms with Crippen molar-refractivity contribution in [3.63, 3.8) is 0 Å². The molecule has 0 atom stereocenters. The molecule has 0 fully saturated rings. The molecule has 4 nitrogen and oxygen atoms in total. The van der Waals surface area contributed by atoms with Gasteiger partial charge in [-0.2, -0.15) is 12.8 Å². The smallest absolute Gasteiger partial charge is 0.298 e. The van der Waals surface area contributed by atoms with Crippen LogP contribution in [-0.2, 0) is 10.0 Å². The number of amidine groups is 1. The van der Waals surface area contributed by atoms with Crippen LogP contribution in [0, 0.1) is 0 Å². The van der Waals surface area contributed by atoms with Crippen molar-refractivity contribution in [1.29, 1.82) is 0 Å². The van der Waals surface area contributed by atoms with E-state index in [1.54, 1.807) is 6.07 Å². The molecule has 0 amide bonds. The Morgan fingerprint density at radius 3 is 2.69 bits per heavy atom. The van der Waals surface area contributed by atoms with Crippen LogP contribution in [0.4, 0.5) is 14.5 Å². The lowest BCUT2D eigenvalue weighted by atomic mass is 10.3. The van der Waals surface area contributed by atoms with Gasteiger partial charge in [-0.25, -0.2) is 4.39 Å². The number of rotatable bonds is 2. The maximum Gasteiger partial charge on any atom is 0.300 e. The summed E-state index contributed by atoms with van der Waals surface area (Å²) in [5, 5.41) is 0. The zero-order chi connectivity index (χ0) is 11.8. The molecule has 16 heavy (non-hydrogen) atoms. The fourth-order valence-corrected chi connectivity index (χ4v) is 2.58. The molecular formula is C9H8F2N2O2S. The van der Waals surface area contributed by atoms with Gasteiger partial charge in [0, 0.05) is 0 Å². The highest BCUT2D eigenvalue weighted by Crippen LogP contribution is 2.31. The van der Waals surface area contributed by atoms with Crippen molar-refractivity contribution in [1.82, 2.24) is 0 Å². The summed E-state index contributed by atoms with van der Waals surface area (Å²) in [5.41, 5.74) is 0.118. The first-order valence-corrected chi connectivity index (χ1v) is 5.93. The van der Waals surface area contributed by atoms with E-state index in [0.29, 0.717) is 0 Å². The SMILES string of the molecule is O=S1(=O)N=C(F)N(CCF)c2ccccc21. The zero-order valence-corrected chi connectivity index (χ0v) is 8.92. The fourth-order valence-electron chi connectivity index (χ4n) is 1.49. The molecule has 1 aliphatic heterocycles. The Balaban J connectivity index is 2.62. The Bertz CT molecular complexity index is 542. The number of benzene rings is 1. The summed E-state index contributed by atoms with van der Waals surface area (Å²) in [7, 11) is -3.99. The molecule has 2 rings (SSSR count). The van der Waals surface area contributed by atoms with Crippen LogP contribution in [0.5, 0.6) is 0 Å². The van der Waals surface area contributed by atoms with Gasteiger partial charge < -0.3 is 0 Å². The second-order valence-electron chi connectivity index (χ2n) is 3.14. The minimum Gasteiger partial charge on any atom is -0.298 e. The minimum absolute atomic E-state index is 0.107. The Hall–Kier alpha value is -1.50. The van der Waals surface area contributed by atoms with Crippen LogP contribution in [-0.4, -0.2) is 27.7 Å². The summed E-state index contributed by atoms with van der Waals surface area (Å²) in [6.07, 6.45) is -1.20. The van der Waals surface area contributed by atoms with E-state index in [1.807, 2.05) is 0 Å². The van der Waals surface area contributed by atoms with Gasteiger partial charge in [0.05, 0.1) is 12.2 Å². The average Bonchev–Trinajstić information content (AvgIpc) is 2.24. The predicted octanol–water partition coefficient (Wildman–Crippen LogP) is 1.49. The fraction of sp³-hybridized carbons (Fsp3) is 0.222. The number of hydrogen-bond donors (Lipinski definition) is 0. The summed E-state index contributed by atoms with van der Waals surface area (Å²) >= 11 is 0. The first kappa shape index (κ1) is 11.0. The summed E-state index contributed by atoms with van der Waals surface area (Å²) in [5.74, 6) is 0. The quantitative estimate of drug-likeness (QED) is 0.743. The Kier molecular flexibility index (Phi) is 2.63. The first-order chi connectivity index (χ1) is 7.56. The molecule has 1 aromatic carbocycles. The molecule has 1 aromatic rings. The van der Waals surface area contributed by atoms with Crippen LogP contribution in [0.15, 0.2) is 33.6 Å². The topological polar surface area (TPSA) is 49.7 Å². The van der Waals surface area contributed by atoms with Crippen LogP contribution in [0.1, 0.15) is 0 Å². The third-order valence-corrected chi connectivity index (χ3v) is 3.45. The van der Waals surface area contributed by atoms with Crippen molar-refractivity contribution < 1.29 is 17.2 Å². The third kappa shape index (κ3) is 1.67. The van der Waals surface area contributed by atoms with E-state index in [-0.39, 0.29) is 17.1 Å². The van der Waals surface area contributed by atoms with Gasteiger partial charge in [0.2, 0.25) is 0 Å². The molecule has 0 unspecified atom stereocenters. The van der Waals surface area contributed by atoms with Crippen LogP contribution >= 0.6 is 0 Å². The largest absolute Gasteiger partial charge is 0.300 e. The summed E-state index contributed by atoms with van der Waals surface area (Å²) in [4.78, 5) is 0.793. The minimum atomic E-state index is -3.99. The maximum absolute atomic E-state index is 13.3. The van der Waals surface area contributed by atoms with Gasteiger partial charge in [-0.15, -0.1) is 4.40 Å². The predicted molar refractivity (Wildman–Crippen MR) is 55.5 cm³/mol. The zero-order valence-electron chi connectivity index (χ0n) is 8.10. The maximum atomic E-state index is 13.3. The average molecular weight is 246 g/mol. The van der Waals surface area contributed by atoms with E-state index in [0.717, 1.165) is 4.90 Å². The number of para-hydroxylation sites is 1. The second-order valence-corrected chi connectivity index (χ2v) is 4.72. The van der Waals surface area contributed by atoms with Crippen molar-refractivity contribution in [2.45, 2.75) is 4.90 Å². The van der Waals surface area contributed by atoms with E-state index in [2.05, 4.69) is 4.40 Å². The van der Waals surface area contributed by atoms with Crippen molar-refractivity contribution in [2.75, 3.05) is 18.1 Å². The van der Waals surface area contributed by atoms with Crippen LogP contribution in [0.2, 0.25) is 0 Å². The lowest BCUT2D eigenvalue weighted by molar-refractivity contribution is 0.497. The molecule has 0 saturated carbocycles. The van der Waals surface area contributed by atoms with Crippen LogP contribution in [0.25, 0.3) is 0 Å². The van der Waals surface area contributed by atoms with Gasteiger partial charge in [0.25, 0.3) is 10.0 Å². The van der Waals surface area contributed by atoms with Gasteiger partial charge in [-0.1, -0.05) is 12.1 Å². The Labute approximate surface area is 91.3 Å². The van der Waals surface area contributed by atoms with E-state index in [4.69, 9.17) is 0 Å². The molecule has 86 valence electrons. The van der Waals surface area contributed by atoms with E-state index < -0.39 is 22.8 Å². The summed E-state index contributed by atoms with van der Waals surface area (Å²) in [6, 6.07) is 5.78. The third-order valence-electron chi connectivity index (χ3n) is 2.16. The highest BCUT2D eigenvalue weighted by Gasteiger charge is 2.30. The highest BCUT2D eigenvalue weighted by molar-refractivity contribution is 7.90. The van der Waals surface area contributed by atoms with Gasteiger partial charge in [0.1, 0.15) is 11.6 Å². The molecular weight excluding hydrogens is 238 g/mol. The molecule has 0 N–H and O–H groups in total. The first-order valence-electron chi connectivity index (χ1n) is 4.49. The molecule has 0 bridgehead atoms. The molecule has 7 heteroatoms. The molecule has 0 aromatic heterocycles. The Morgan fingerprint density at radius 2 is 2.00 bits per heavy atom. The van der Waals surface area contributed by atoms with Gasteiger partial charge in [-0.3, -0.25) is 4.90 Å². The van der Waals surface area contributed by atoms with Crippen molar-refractivity contribution in [3.8, 4) is 0 Å². The lowest BCUT2D eigenvalue weighted by Crippen LogP contribution is -2.34. The number of anilines is 1. The standard InChI is InChI=1S/C9H8F2N2O2S/c10-5-6-13-7-3-1-2-4-8(7)16(14,15)12-9(13)11/h1-4H,5-6H2. The van der Waals surface area contributed by atoms with Gasteiger partial charge in [-0.05, 0) is 12.1 Å². The number of halogens is 2. The molecule has 1 heterocycles. The normalized spacial score (nSPS) is 17.9. The number of hydrogen-bond acceptors (Lipinski definition) is 3. The number of fused-ring (bicyclic) bond motifs is 1. The van der Waals surface area contributed by atoms with Gasteiger partial charge in [0.15, 0.2) is 0 Å². The highest BCUT2D eigenvalue weighted by atomic mass is 32.2. The van der Waals surface area contributed by atoms with Gasteiger partial charge >= 0.3 is 6.09 Å². The summed E-state index contributed by atoms with van der Waals surface area (Å²) < 4.78 is 51.5. The van der Waals surface area contributed by atoms with E-state index in [1.165, 1.54) is 18.2 Å². The number of nitrogens with zero attached hydrogens (tertiary/aromatic N) is 2. The molecule has 1 aliphatic rings. The van der Waals surface area contributed by atoms with E-state index in [9.17, 15) is 17.2 Å². The van der Waals surface area contributed by atoms with Crippen molar-refractivity contribution in [2.24, 2.45) is 4.40 Å². The second kappa shape index (κ2) is 3.82. The number of alkyl halides is 1. The number of sulfonamides is 1. The monoisotopic (exact) mass is 246 g/mol. The molecule has 0 saturated heterocycles. The summed E-state index contributed by atoms with van der Waals surface area (Å²) in [6.45, 7) is -1.06. The van der Waals surface area contributed by atoms with Crippen molar-refractivity contribution >= 4 is 21.8 Å². The van der Waals surface area contributed by atoms with E-state index >= 15 is 0 Å².